The van der Waals surface area contributed by atoms with Gasteiger partial charge in [-0.25, -0.2) is 14.8 Å². The number of methoxy groups -OCH3 is 1. The Kier molecular flexibility index (Phi) is 5.43. The van der Waals surface area contributed by atoms with E-state index < -0.39 is 0 Å². The molecule has 1 unspecified atom stereocenters. The molecule has 148 valence electrons. The minimum Gasteiger partial charge on any atom is -0.465 e. The van der Waals surface area contributed by atoms with Crippen LogP contribution in [0.25, 0.3) is 21.9 Å². The van der Waals surface area contributed by atoms with E-state index in [0.29, 0.717) is 11.6 Å². The van der Waals surface area contributed by atoms with Gasteiger partial charge in [0.15, 0.2) is 0 Å². The first-order valence-electron chi connectivity index (χ1n) is 10.00. The third kappa shape index (κ3) is 3.67. The highest BCUT2D eigenvalue weighted by molar-refractivity contribution is 6.12. The molecule has 3 heterocycles. The molecule has 0 spiro atoms. The first-order chi connectivity index (χ1) is 13.7. The Morgan fingerprint density at radius 3 is 3.07 bits per heavy atom. The molecule has 0 radical (unpaired) electrons. The summed E-state index contributed by atoms with van der Waals surface area (Å²) in [5, 5.41) is 5.43. The van der Waals surface area contributed by atoms with E-state index in [0.717, 1.165) is 47.3 Å². The van der Waals surface area contributed by atoms with Crippen molar-refractivity contribution in [1.82, 2.24) is 19.9 Å². The van der Waals surface area contributed by atoms with Crippen LogP contribution in [0.3, 0.4) is 0 Å². The lowest BCUT2D eigenvalue weighted by molar-refractivity contribution is 0.0601. The summed E-state index contributed by atoms with van der Waals surface area (Å²) in [6, 6.07) is 6.18. The molecule has 0 saturated carbocycles. The molecule has 3 aromatic rings. The van der Waals surface area contributed by atoms with Crippen molar-refractivity contribution in [3.8, 4) is 0 Å². The molecule has 1 fully saturated rings. The molecule has 1 saturated heterocycles. The minimum atomic E-state index is -0.350. The number of piperidine rings is 1. The van der Waals surface area contributed by atoms with Crippen molar-refractivity contribution in [3.63, 3.8) is 0 Å². The Morgan fingerprint density at radius 1 is 1.36 bits per heavy atom. The number of hydrogen-bond acceptors (Lipinski definition) is 6. The molecule has 0 bridgehead atoms. The fourth-order valence-corrected chi connectivity index (χ4v) is 4.09. The minimum absolute atomic E-state index is 0.350. The normalized spacial score (nSPS) is 17.9. The number of carbonyl (C=O) groups excluding carboxylic acids is 1. The van der Waals surface area contributed by atoms with Crippen molar-refractivity contribution in [2.24, 2.45) is 0 Å². The summed E-state index contributed by atoms with van der Waals surface area (Å²) < 4.78 is 4.81. The van der Waals surface area contributed by atoms with Gasteiger partial charge in [0.1, 0.15) is 17.8 Å². The predicted octanol–water partition coefficient (Wildman–Crippen LogP) is 3.57. The molecular formula is C21H27N5O2. The molecule has 28 heavy (non-hydrogen) atoms. The topological polar surface area (TPSA) is 83.1 Å². The van der Waals surface area contributed by atoms with Gasteiger partial charge in [-0.3, -0.25) is 0 Å². The fourth-order valence-electron chi connectivity index (χ4n) is 4.09. The Bertz CT molecular complexity index is 983. The molecule has 7 heteroatoms. The number of hydrogen-bond donors (Lipinski definition) is 2. The van der Waals surface area contributed by atoms with Crippen LogP contribution < -0.4 is 5.32 Å². The smallest absolute Gasteiger partial charge is 0.337 e. The zero-order valence-electron chi connectivity index (χ0n) is 16.5. The van der Waals surface area contributed by atoms with Crippen LogP contribution in [0, 0.1) is 0 Å². The highest BCUT2D eigenvalue weighted by Gasteiger charge is 2.17. The fraction of sp³-hybridized carbons (Fsp3) is 0.476. The van der Waals surface area contributed by atoms with Gasteiger partial charge in [-0.15, -0.1) is 0 Å². The van der Waals surface area contributed by atoms with Gasteiger partial charge in [-0.1, -0.05) is 12.5 Å². The van der Waals surface area contributed by atoms with Gasteiger partial charge in [0.25, 0.3) is 0 Å². The van der Waals surface area contributed by atoms with Crippen molar-refractivity contribution in [3.05, 3.63) is 30.1 Å². The number of aromatic nitrogens is 3. The van der Waals surface area contributed by atoms with Crippen molar-refractivity contribution in [2.45, 2.75) is 38.6 Å². The third-order valence-electron chi connectivity index (χ3n) is 5.67. The maximum absolute atomic E-state index is 11.8. The zero-order chi connectivity index (χ0) is 19.5. The monoisotopic (exact) mass is 381 g/mol. The van der Waals surface area contributed by atoms with Crippen LogP contribution >= 0.6 is 0 Å². The first kappa shape index (κ1) is 18.7. The van der Waals surface area contributed by atoms with E-state index in [2.05, 4.69) is 32.1 Å². The van der Waals surface area contributed by atoms with E-state index >= 15 is 0 Å². The number of aromatic amines is 1. The Hall–Kier alpha value is -2.67. The summed E-state index contributed by atoms with van der Waals surface area (Å²) in [7, 11) is 1.38. The Morgan fingerprint density at radius 2 is 2.25 bits per heavy atom. The summed E-state index contributed by atoms with van der Waals surface area (Å²) in [6.45, 7) is 5.51. The van der Waals surface area contributed by atoms with Crippen LogP contribution in [0.5, 0.6) is 0 Å². The number of likely N-dealkylation sites (tertiary alicyclic amines) is 1. The quantitative estimate of drug-likeness (QED) is 0.502. The van der Waals surface area contributed by atoms with Crippen molar-refractivity contribution in [2.75, 3.05) is 32.1 Å². The molecule has 1 aromatic carbocycles. The second-order valence-electron chi connectivity index (χ2n) is 7.48. The molecule has 2 N–H and O–H groups in total. The van der Waals surface area contributed by atoms with E-state index in [1.54, 1.807) is 18.5 Å². The van der Waals surface area contributed by atoms with E-state index in [4.69, 9.17) is 4.74 Å². The first-order valence-corrected chi connectivity index (χ1v) is 10.00. The summed E-state index contributed by atoms with van der Waals surface area (Å²) in [4.78, 5) is 26.5. The molecule has 1 aliphatic heterocycles. The number of benzene rings is 1. The van der Waals surface area contributed by atoms with Crippen LogP contribution in [-0.2, 0) is 4.74 Å². The summed E-state index contributed by atoms with van der Waals surface area (Å²) >= 11 is 0. The van der Waals surface area contributed by atoms with Crippen LogP contribution in [0.4, 0.5) is 5.82 Å². The van der Waals surface area contributed by atoms with Gasteiger partial charge in [0.05, 0.1) is 18.1 Å². The molecule has 1 atom stereocenters. The second kappa shape index (κ2) is 8.14. The molecule has 1 aliphatic rings. The van der Waals surface area contributed by atoms with Gasteiger partial charge >= 0.3 is 5.97 Å². The van der Waals surface area contributed by atoms with Gasteiger partial charge in [0.2, 0.25) is 0 Å². The molecule has 4 rings (SSSR count). The predicted molar refractivity (Wildman–Crippen MR) is 111 cm³/mol. The van der Waals surface area contributed by atoms with Crippen molar-refractivity contribution in [1.29, 1.82) is 0 Å². The summed E-state index contributed by atoms with van der Waals surface area (Å²) in [5.41, 5.74) is 2.13. The lowest BCUT2D eigenvalue weighted by Gasteiger charge is -2.33. The second-order valence-corrected chi connectivity index (χ2v) is 7.48. The van der Waals surface area contributed by atoms with Gasteiger partial charge in [-0.05, 0) is 44.9 Å². The molecule has 2 aromatic heterocycles. The molecule has 0 amide bonds. The van der Waals surface area contributed by atoms with E-state index in [9.17, 15) is 4.79 Å². The number of carbonyl (C=O) groups is 1. The lowest BCUT2D eigenvalue weighted by Crippen LogP contribution is -2.38. The molecular weight excluding hydrogens is 354 g/mol. The van der Waals surface area contributed by atoms with Gasteiger partial charge in [-0.2, -0.15) is 0 Å². The van der Waals surface area contributed by atoms with Crippen LogP contribution in [0.2, 0.25) is 0 Å². The SMILES string of the molecule is COC(=O)c1ccc2c(c1)[nH]c1ncnc(NCCCN3CCCCC3C)c12. The number of anilines is 1. The van der Waals surface area contributed by atoms with Gasteiger partial charge < -0.3 is 19.9 Å². The number of H-pyrrole nitrogens is 1. The number of ether oxygens (including phenoxy) is 1. The average Bonchev–Trinajstić information content (AvgIpc) is 3.10. The summed E-state index contributed by atoms with van der Waals surface area (Å²) in [6.07, 6.45) is 6.61. The highest BCUT2D eigenvalue weighted by atomic mass is 16.5. The average molecular weight is 381 g/mol. The lowest BCUT2D eigenvalue weighted by atomic mass is 10.0. The van der Waals surface area contributed by atoms with Crippen LogP contribution in [0.1, 0.15) is 43.0 Å². The molecule has 0 aliphatic carbocycles. The largest absolute Gasteiger partial charge is 0.465 e. The van der Waals surface area contributed by atoms with E-state index in [1.807, 2.05) is 6.07 Å². The number of rotatable bonds is 6. The van der Waals surface area contributed by atoms with Gasteiger partial charge in [0, 0.05) is 30.0 Å². The number of fused-ring (bicyclic) bond motifs is 3. The molecule has 7 nitrogen and oxygen atoms in total. The highest BCUT2D eigenvalue weighted by Crippen LogP contribution is 2.29. The Labute approximate surface area is 164 Å². The van der Waals surface area contributed by atoms with Crippen molar-refractivity contribution < 1.29 is 9.53 Å². The zero-order valence-corrected chi connectivity index (χ0v) is 16.5. The Balaban J connectivity index is 1.50. The standard InChI is InChI=1S/C21H27N5O2/c1-14-6-3-4-10-26(14)11-5-9-22-19-18-16-8-7-15(21(27)28-2)12-17(16)25-20(18)24-13-23-19/h7-8,12-14H,3-6,9-11H2,1-2H3,(H2,22,23,24,25). The third-order valence-corrected chi connectivity index (χ3v) is 5.67. The number of nitrogens with one attached hydrogen (secondary N) is 2. The number of esters is 1. The van der Waals surface area contributed by atoms with Crippen LogP contribution in [-0.4, -0.2) is 58.6 Å². The number of nitrogens with zero attached hydrogens (tertiary/aromatic N) is 3. The van der Waals surface area contributed by atoms with E-state index in [1.165, 1.54) is 32.9 Å². The van der Waals surface area contributed by atoms with Crippen molar-refractivity contribution >= 4 is 33.7 Å². The summed E-state index contributed by atoms with van der Waals surface area (Å²) in [5.74, 6) is 0.477. The van der Waals surface area contributed by atoms with Crippen LogP contribution in [0.15, 0.2) is 24.5 Å². The van der Waals surface area contributed by atoms with E-state index in [-0.39, 0.29) is 5.97 Å². The maximum Gasteiger partial charge on any atom is 0.337 e. The maximum atomic E-state index is 11.8.